The van der Waals surface area contributed by atoms with E-state index in [0.717, 1.165) is 13.1 Å². The number of amides is 2. The molecule has 13 nitrogen and oxygen atoms in total. The molecule has 2 N–H and O–H groups in total. The molecule has 0 atom stereocenters. The molecule has 224 valence electrons. The number of ether oxygens (including phenoxy) is 4. The van der Waals surface area contributed by atoms with Crippen molar-refractivity contribution in [2.45, 2.75) is 58.4 Å². The second kappa shape index (κ2) is 12.6. The van der Waals surface area contributed by atoms with Crippen molar-refractivity contribution in [2.75, 3.05) is 38.2 Å². The second-order valence-corrected chi connectivity index (χ2v) is 11.2. The van der Waals surface area contributed by atoms with Gasteiger partial charge in [0.15, 0.2) is 11.5 Å². The SMILES string of the molecule is CC(C)(C)OC(=O)Nc1cnc2ccc(=O)n(CCN3CCC(OC(=O)NCc4cc5c(cn4)OCCO5)CC3)c2c1. The van der Waals surface area contributed by atoms with Crippen molar-refractivity contribution in [2.24, 2.45) is 0 Å². The Bertz CT molecular complexity index is 1490. The molecule has 0 bridgehead atoms. The number of nitrogens with one attached hydrogen (secondary N) is 2. The quantitative estimate of drug-likeness (QED) is 0.427. The van der Waals surface area contributed by atoms with Crippen LogP contribution in [-0.4, -0.2) is 76.2 Å². The summed E-state index contributed by atoms with van der Waals surface area (Å²) in [5.41, 5.74) is 1.58. The molecule has 5 heterocycles. The molecule has 3 aromatic rings. The van der Waals surface area contributed by atoms with Crippen LogP contribution in [0.2, 0.25) is 0 Å². The summed E-state index contributed by atoms with van der Waals surface area (Å²) in [4.78, 5) is 48.3. The molecular weight excluding hydrogens is 544 g/mol. The molecule has 1 saturated heterocycles. The molecule has 0 radical (unpaired) electrons. The van der Waals surface area contributed by atoms with Crippen LogP contribution in [0.3, 0.4) is 0 Å². The molecule has 2 aliphatic heterocycles. The van der Waals surface area contributed by atoms with Crippen LogP contribution in [0.25, 0.3) is 11.0 Å². The molecule has 0 unspecified atom stereocenters. The average Bonchev–Trinajstić information content (AvgIpc) is 2.95. The van der Waals surface area contributed by atoms with Gasteiger partial charge < -0.3 is 33.7 Å². The molecule has 3 aromatic heterocycles. The molecule has 5 rings (SSSR count). The minimum atomic E-state index is -0.635. The van der Waals surface area contributed by atoms with Crippen molar-refractivity contribution in [1.82, 2.24) is 24.8 Å². The lowest BCUT2D eigenvalue weighted by molar-refractivity contribution is 0.0496. The van der Waals surface area contributed by atoms with Crippen molar-refractivity contribution < 1.29 is 28.5 Å². The van der Waals surface area contributed by atoms with Crippen LogP contribution >= 0.6 is 0 Å². The van der Waals surface area contributed by atoms with Crippen molar-refractivity contribution in [3.05, 3.63) is 52.7 Å². The predicted molar refractivity (Wildman–Crippen MR) is 154 cm³/mol. The molecule has 1 fully saturated rings. The lowest BCUT2D eigenvalue weighted by atomic mass is 10.1. The van der Waals surface area contributed by atoms with Gasteiger partial charge in [0.05, 0.1) is 41.4 Å². The number of piperidine rings is 1. The van der Waals surface area contributed by atoms with Crippen LogP contribution in [0.15, 0.2) is 41.5 Å². The van der Waals surface area contributed by atoms with Crippen LogP contribution in [0.4, 0.5) is 15.3 Å². The van der Waals surface area contributed by atoms with Crippen molar-refractivity contribution in [3.63, 3.8) is 0 Å². The number of carbonyl (C=O) groups is 2. The van der Waals surface area contributed by atoms with Crippen LogP contribution in [0.5, 0.6) is 11.5 Å². The van der Waals surface area contributed by atoms with Gasteiger partial charge in [-0.25, -0.2) is 9.59 Å². The summed E-state index contributed by atoms with van der Waals surface area (Å²) in [5.74, 6) is 1.22. The molecule has 0 aliphatic carbocycles. The van der Waals surface area contributed by atoms with E-state index in [4.69, 9.17) is 18.9 Å². The number of hydrogen-bond donors (Lipinski definition) is 2. The number of pyridine rings is 3. The summed E-state index contributed by atoms with van der Waals surface area (Å²) in [5, 5.41) is 5.43. The highest BCUT2D eigenvalue weighted by molar-refractivity contribution is 5.88. The summed E-state index contributed by atoms with van der Waals surface area (Å²) in [6.45, 7) is 9.09. The maximum absolute atomic E-state index is 12.8. The number of fused-ring (bicyclic) bond motifs is 2. The average molecular weight is 581 g/mol. The Morgan fingerprint density at radius 3 is 2.52 bits per heavy atom. The normalized spacial score (nSPS) is 15.7. The molecule has 2 amide bonds. The smallest absolute Gasteiger partial charge is 0.412 e. The summed E-state index contributed by atoms with van der Waals surface area (Å²) in [6, 6.07) is 6.65. The van der Waals surface area contributed by atoms with Crippen LogP contribution < -0.4 is 25.7 Å². The van der Waals surface area contributed by atoms with Gasteiger partial charge in [0.25, 0.3) is 5.56 Å². The zero-order valence-corrected chi connectivity index (χ0v) is 24.1. The summed E-state index contributed by atoms with van der Waals surface area (Å²) < 4.78 is 23.6. The molecule has 42 heavy (non-hydrogen) atoms. The second-order valence-electron chi connectivity index (χ2n) is 11.2. The monoisotopic (exact) mass is 580 g/mol. The number of anilines is 1. The predicted octanol–water partition coefficient (Wildman–Crippen LogP) is 3.30. The molecular formula is C29H36N6O7. The lowest BCUT2D eigenvalue weighted by Crippen LogP contribution is -2.41. The van der Waals surface area contributed by atoms with E-state index < -0.39 is 17.8 Å². The van der Waals surface area contributed by atoms with Gasteiger partial charge in [-0.05, 0) is 45.7 Å². The van der Waals surface area contributed by atoms with Gasteiger partial charge in [0.2, 0.25) is 0 Å². The first kappa shape index (κ1) is 29.1. The zero-order chi connectivity index (χ0) is 29.7. The lowest BCUT2D eigenvalue weighted by Gasteiger charge is -2.31. The maximum atomic E-state index is 12.8. The van der Waals surface area contributed by atoms with Crippen molar-refractivity contribution >= 4 is 28.9 Å². The fourth-order valence-corrected chi connectivity index (χ4v) is 4.82. The first-order chi connectivity index (χ1) is 20.1. The summed E-state index contributed by atoms with van der Waals surface area (Å²) in [6.07, 6.45) is 3.23. The standard InChI is InChI=1S/C29H36N6O7/c1-29(2,3)42-28(38)33-20-14-23-22(31-17-20)4-5-26(36)35(23)11-10-34-8-6-21(7-9-34)41-27(37)32-16-19-15-24-25(18-30-19)40-13-12-39-24/h4-5,14-15,17-18,21H,6-13,16H2,1-3H3,(H,32,37)(H,33,38). The van der Waals surface area contributed by atoms with Gasteiger partial charge in [-0.3, -0.25) is 20.1 Å². The first-order valence-corrected chi connectivity index (χ1v) is 14.0. The number of aromatic nitrogens is 3. The third-order valence-corrected chi connectivity index (χ3v) is 6.83. The van der Waals surface area contributed by atoms with E-state index in [1.165, 1.54) is 12.3 Å². The van der Waals surface area contributed by atoms with E-state index in [1.807, 2.05) is 0 Å². The van der Waals surface area contributed by atoms with Crippen molar-refractivity contribution in [3.8, 4) is 11.5 Å². The van der Waals surface area contributed by atoms with E-state index >= 15 is 0 Å². The first-order valence-electron chi connectivity index (χ1n) is 14.0. The number of nitrogens with zero attached hydrogens (tertiary/aromatic N) is 4. The number of likely N-dealkylation sites (tertiary alicyclic amines) is 1. The van der Waals surface area contributed by atoms with Gasteiger partial charge in [0, 0.05) is 38.3 Å². The van der Waals surface area contributed by atoms with E-state index in [2.05, 4.69) is 25.5 Å². The zero-order valence-electron chi connectivity index (χ0n) is 24.1. The largest absolute Gasteiger partial charge is 0.486 e. The van der Waals surface area contributed by atoms with Gasteiger partial charge >= 0.3 is 12.2 Å². The third kappa shape index (κ3) is 7.66. The van der Waals surface area contributed by atoms with Crippen LogP contribution in [0.1, 0.15) is 39.3 Å². The molecule has 0 spiro atoms. The van der Waals surface area contributed by atoms with Gasteiger partial charge in [-0.15, -0.1) is 0 Å². The number of rotatable bonds is 7. The fourth-order valence-electron chi connectivity index (χ4n) is 4.82. The third-order valence-electron chi connectivity index (χ3n) is 6.83. The highest BCUT2D eigenvalue weighted by Gasteiger charge is 2.23. The van der Waals surface area contributed by atoms with E-state index in [-0.39, 0.29) is 18.2 Å². The fraction of sp³-hybridized carbons (Fsp3) is 0.483. The van der Waals surface area contributed by atoms with E-state index in [9.17, 15) is 14.4 Å². The van der Waals surface area contributed by atoms with Gasteiger partial charge in [-0.1, -0.05) is 0 Å². The minimum absolute atomic E-state index is 0.152. The highest BCUT2D eigenvalue weighted by atomic mass is 16.6. The Morgan fingerprint density at radius 1 is 1.00 bits per heavy atom. The molecule has 13 heteroatoms. The summed E-state index contributed by atoms with van der Waals surface area (Å²) >= 11 is 0. The number of hydrogen-bond acceptors (Lipinski definition) is 10. The number of carbonyl (C=O) groups excluding carboxylic acids is 2. The Kier molecular flexibility index (Phi) is 8.76. The Hall–Kier alpha value is -4.39. The van der Waals surface area contributed by atoms with Crippen LogP contribution in [-0.2, 0) is 22.6 Å². The molecule has 2 aliphatic rings. The highest BCUT2D eigenvalue weighted by Crippen LogP contribution is 2.29. The van der Waals surface area contributed by atoms with Gasteiger partial charge in [0.1, 0.15) is 24.9 Å². The van der Waals surface area contributed by atoms with Gasteiger partial charge in [-0.2, -0.15) is 0 Å². The number of alkyl carbamates (subject to hydrolysis) is 1. The van der Waals surface area contributed by atoms with Crippen molar-refractivity contribution in [1.29, 1.82) is 0 Å². The van der Waals surface area contributed by atoms with E-state index in [1.54, 1.807) is 49.7 Å². The maximum Gasteiger partial charge on any atom is 0.412 e. The molecule has 0 saturated carbocycles. The van der Waals surface area contributed by atoms with E-state index in [0.29, 0.717) is 73.1 Å². The Morgan fingerprint density at radius 2 is 1.76 bits per heavy atom. The Balaban J connectivity index is 1.10. The Labute approximate surface area is 243 Å². The topological polar surface area (TPSA) is 146 Å². The molecule has 0 aromatic carbocycles. The van der Waals surface area contributed by atoms with Crippen LogP contribution in [0, 0.1) is 0 Å². The minimum Gasteiger partial charge on any atom is -0.486 e. The summed E-state index contributed by atoms with van der Waals surface area (Å²) in [7, 11) is 0.